The van der Waals surface area contributed by atoms with Gasteiger partial charge in [-0.05, 0) is 14.1 Å². The molecule has 0 aromatic rings. The summed E-state index contributed by atoms with van der Waals surface area (Å²) in [5.74, 6) is 0. The summed E-state index contributed by atoms with van der Waals surface area (Å²) < 4.78 is 0. The van der Waals surface area contributed by atoms with Gasteiger partial charge in [-0.15, -0.1) is 0 Å². The van der Waals surface area contributed by atoms with Gasteiger partial charge >= 0.3 is 0 Å². The van der Waals surface area contributed by atoms with Crippen LogP contribution in [0.3, 0.4) is 0 Å². The van der Waals surface area contributed by atoms with Crippen molar-refractivity contribution in [2.24, 2.45) is 0 Å². The smallest absolute Gasteiger partial charge is 0.0797 e. The molecule has 0 amide bonds. The van der Waals surface area contributed by atoms with Gasteiger partial charge in [-0.3, -0.25) is 5.23 Å². The van der Waals surface area contributed by atoms with E-state index in [1.165, 1.54) is 7.05 Å². The number of rotatable bonds is 4. The van der Waals surface area contributed by atoms with Crippen LogP contribution in [0.5, 0.6) is 0 Å². The lowest BCUT2D eigenvalue weighted by Gasteiger charge is -2.20. The molecule has 0 bridgehead atoms. The second-order valence-corrected chi connectivity index (χ2v) is 1.38. The van der Waals surface area contributed by atoms with Crippen LogP contribution in [0.2, 0.25) is 0 Å². The van der Waals surface area contributed by atoms with Crippen LogP contribution in [0.25, 0.3) is 0 Å². The summed E-state index contributed by atoms with van der Waals surface area (Å²) in [6, 6.07) is 0. The average Bonchev–Trinajstić information content (AvgIpc) is 1.66. The highest BCUT2D eigenvalue weighted by Gasteiger charge is 1.80. The molecule has 0 saturated heterocycles. The molecule has 0 aliphatic heterocycles. The maximum Gasteiger partial charge on any atom is 0.0797 e. The van der Waals surface area contributed by atoms with E-state index >= 15 is 0 Å². The highest BCUT2D eigenvalue weighted by atomic mass is 16.9. The van der Waals surface area contributed by atoms with Crippen molar-refractivity contribution >= 4 is 0 Å². The highest BCUT2D eigenvalue weighted by Crippen LogP contribution is 1.75. The van der Waals surface area contributed by atoms with Gasteiger partial charge in [0.15, 0.2) is 0 Å². The molecule has 8 heavy (non-hydrogen) atoms. The van der Waals surface area contributed by atoms with Crippen LogP contribution in [0.15, 0.2) is 0 Å². The van der Waals surface area contributed by atoms with Gasteiger partial charge in [0.05, 0.1) is 6.61 Å². The lowest BCUT2D eigenvalue weighted by atomic mass is 10.7. The Hall–Kier alpha value is -0.160. The van der Waals surface area contributed by atoms with E-state index in [1.807, 2.05) is 0 Å². The number of hydroxylamine groups is 2. The van der Waals surface area contributed by atoms with Gasteiger partial charge < -0.3 is 15.4 Å². The zero-order valence-corrected chi connectivity index (χ0v) is 5.18. The first-order chi connectivity index (χ1) is 3.77. The molecular formula is C4H11N2O2-. The van der Waals surface area contributed by atoms with Crippen LogP contribution < -0.4 is 5.32 Å². The summed E-state index contributed by atoms with van der Waals surface area (Å²) in [5, 5.41) is 13.3. The summed E-state index contributed by atoms with van der Waals surface area (Å²) in [6.07, 6.45) is 0. The van der Waals surface area contributed by atoms with Crippen molar-refractivity contribution in [3.8, 4) is 0 Å². The first-order valence-corrected chi connectivity index (χ1v) is 2.45. The molecule has 0 spiro atoms. The predicted octanol–water partition coefficient (Wildman–Crippen LogP) is -0.433. The third-order valence-corrected chi connectivity index (χ3v) is 0.625. The molecule has 4 heteroatoms. The number of hydrogen-bond acceptors (Lipinski definition) is 4. The fourth-order valence-corrected chi connectivity index (χ4v) is 0.276. The Labute approximate surface area is 49.0 Å². The summed E-state index contributed by atoms with van der Waals surface area (Å²) in [6.45, 7) is 1.13. The minimum atomic E-state index is 0.427. The van der Waals surface area contributed by atoms with E-state index in [-0.39, 0.29) is 0 Å². The van der Waals surface area contributed by atoms with E-state index in [2.05, 4.69) is 10.2 Å². The van der Waals surface area contributed by atoms with Gasteiger partial charge in [-0.25, -0.2) is 0 Å². The second kappa shape index (κ2) is 4.99. The minimum Gasteiger partial charge on any atom is -0.762 e. The quantitative estimate of drug-likeness (QED) is 0.403. The van der Waals surface area contributed by atoms with Crippen LogP contribution in [-0.4, -0.2) is 32.5 Å². The van der Waals surface area contributed by atoms with Crippen molar-refractivity contribution in [1.82, 2.24) is 10.5 Å². The third-order valence-electron chi connectivity index (χ3n) is 0.625. The van der Waals surface area contributed by atoms with E-state index in [9.17, 15) is 5.21 Å². The van der Waals surface area contributed by atoms with Crippen LogP contribution in [-0.2, 0) is 4.84 Å². The topological polar surface area (TPSA) is 47.6 Å². The van der Waals surface area contributed by atoms with Gasteiger partial charge in [0.25, 0.3) is 0 Å². The normalized spacial score (nSPS) is 10.5. The van der Waals surface area contributed by atoms with Gasteiger partial charge in [0.1, 0.15) is 0 Å². The lowest BCUT2D eigenvalue weighted by Crippen LogP contribution is -2.19. The van der Waals surface area contributed by atoms with Crippen molar-refractivity contribution in [2.45, 2.75) is 0 Å². The standard InChI is InChI=1S/C4H11N2O2/c1-5-3-4-8-6(2)7/h5H,3-4H2,1-2H3/q-1. The molecule has 0 unspecified atom stereocenters. The summed E-state index contributed by atoms with van der Waals surface area (Å²) in [5.41, 5.74) is 0. The SMILES string of the molecule is CNCCON(C)[O-]. The monoisotopic (exact) mass is 119 g/mol. The summed E-state index contributed by atoms with van der Waals surface area (Å²) in [7, 11) is 3.11. The minimum absolute atomic E-state index is 0.427. The third kappa shape index (κ3) is 5.84. The van der Waals surface area contributed by atoms with Crippen LogP contribution in [0.1, 0.15) is 0 Å². The van der Waals surface area contributed by atoms with E-state index in [1.54, 1.807) is 7.05 Å². The predicted molar refractivity (Wildman–Crippen MR) is 31.0 cm³/mol. The molecule has 0 atom stereocenters. The highest BCUT2D eigenvalue weighted by molar-refractivity contribution is 4.34. The molecular weight excluding hydrogens is 108 g/mol. The van der Waals surface area contributed by atoms with Crippen molar-refractivity contribution in [3.05, 3.63) is 5.21 Å². The molecule has 1 N–H and O–H groups in total. The second-order valence-electron chi connectivity index (χ2n) is 1.38. The zero-order chi connectivity index (χ0) is 6.41. The van der Waals surface area contributed by atoms with E-state index in [0.717, 1.165) is 0 Å². The Morgan fingerprint density at radius 3 is 2.75 bits per heavy atom. The molecule has 0 saturated carbocycles. The number of nitrogens with one attached hydrogen (secondary N) is 1. The van der Waals surface area contributed by atoms with Crippen molar-refractivity contribution in [3.63, 3.8) is 0 Å². The molecule has 0 aliphatic rings. The Kier molecular flexibility index (Phi) is 4.89. The Morgan fingerprint density at radius 2 is 2.38 bits per heavy atom. The average molecular weight is 119 g/mol. The number of nitrogens with zero attached hydrogens (tertiary/aromatic N) is 1. The lowest BCUT2D eigenvalue weighted by molar-refractivity contribution is -0.0975. The first kappa shape index (κ1) is 7.84. The van der Waals surface area contributed by atoms with Gasteiger partial charge in [0.2, 0.25) is 0 Å². The van der Waals surface area contributed by atoms with Crippen LogP contribution >= 0.6 is 0 Å². The Balaban J connectivity index is 2.72. The molecule has 0 aliphatic carbocycles. The van der Waals surface area contributed by atoms with Crippen molar-refractivity contribution in [2.75, 3.05) is 27.2 Å². The molecule has 0 heterocycles. The Bertz CT molecular complexity index is 49.3. The fourth-order valence-electron chi connectivity index (χ4n) is 0.276. The van der Waals surface area contributed by atoms with Gasteiger partial charge in [-0.1, -0.05) is 0 Å². The van der Waals surface area contributed by atoms with E-state index in [4.69, 9.17) is 0 Å². The van der Waals surface area contributed by atoms with Crippen molar-refractivity contribution in [1.29, 1.82) is 0 Å². The van der Waals surface area contributed by atoms with Crippen LogP contribution in [0.4, 0.5) is 0 Å². The van der Waals surface area contributed by atoms with Crippen molar-refractivity contribution < 1.29 is 4.84 Å². The maximum atomic E-state index is 9.99. The maximum absolute atomic E-state index is 9.99. The summed E-state index contributed by atoms with van der Waals surface area (Å²) in [4.78, 5) is 4.50. The molecule has 0 fully saturated rings. The van der Waals surface area contributed by atoms with Crippen LogP contribution in [0, 0.1) is 5.21 Å². The molecule has 0 radical (unpaired) electrons. The molecule has 0 aromatic carbocycles. The zero-order valence-electron chi connectivity index (χ0n) is 5.18. The van der Waals surface area contributed by atoms with Gasteiger partial charge in [-0.2, -0.15) is 0 Å². The molecule has 4 nitrogen and oxygen atoms in total. The number of hydrogen-bond donors (Lipinski definition) is 1. The molecule has 0 aromatic heterocycles. The summed E-state index contributed by atoms with van der Waals surface area (Å²) >= 11 is 0. The van der Waals surface area contributed by atoms with E-state index < -0.39 is 0 Å². The molecule has 0 rings (SSSR count). The molecule has 50 valence electrons. The Morgan fingerprint density at radius 1 is 1.75 bits per heavy atom. The number of likely N-dealkylation sites (N-methyl/N-ethyl adjacent to an activating group) is 1. The fraction of sp³-hybridized carbons (Fsp3) is 1.00. The first-order valence-electron chi connectivity index (χ1n) is 2.45. The van der Waals surface area contributed by atoms with Gasteiger partial charge in [0, 0.05) is 6.54 Å². The van der Waals surface area contributed by atoms with E-state index in [0.29, 0.717) is 18.4 Å². The largest absolute Gasteiger partial charge is 0.762 e.